The van der Waals surface area contributed by atoms with Crippen molar-refractivity contribution in [3.63, 3.8) is 0 Å². The number of nitriles is 1. The average Bonchev–Trinajstić information content (AvgIpc) is 2.48. The molecule has 1 N–H and O–H groups in total. The fourth-order valence-corrected chi connectivity index (χ4v) is 1.98. The Hall–Kier alpha value is -2.38. The lowest BCUT2D eigenvalue weighted by Crippen LogP contribution is -2.11. The minimum absolute atomic E-state index is 0.304. The molecule has 2 aromatic carbocycles. The first-order valence-electron chi connectivity index (χ1n) is 6.81. The number of nitrogens with zero attached hydrogens (tertiary/aromatic N) is 1. The van der Waals surface area contributed by atoms with E-state index >= 15 is 0 Å². The van der Waals surface area contributed by atoms with E-state index < -0.39 is 0 Å². The van der Waals surface area contributed by atoms with Gasteiger partial charge in [0.25, 0.3) is 0 Å². The predicted octanol–water partition coefficient (Wildman–Crippen LogP) is 3.91. The lowest BCUT2D eigenvalue weighted by Gasteiger charge is -2.11. The van der Waals surface area contributed by atoms with Crippen LogP contribution in [-0.4, -0.2) is 6.54 Å². The van der Waals surface area contributed by atoms with Gasteiger partial charge in [0.1, 0.15) is 23.4 Å². The SMILES string of the molecule is CCNCc1ccc(Oc2ccc(F)cc2C)c(C#N)c1. The highest BCUT2D eigenvalue weighted by Gasteiger charge is 2.08. The number of nitrogens with one attached hydrogen (secondary N) is 1. The average molecular weight is 284 g/mol. The molecule has 0 aromatic heterocycles. The van der Waals surface area contributed by atoms with Crippen LogP contribution in [0.15, 0.2) is 36.4 Å². The van der Waals surface area contributed by atoms with Gasteiger partial charge in [-0.25, -0.2) is 4.39 Å². The molecule has 0 saturated heterocycles. The van der Waals surface area contributed by atoms with Crippen molar-refractivity contribution >= 4 is 0 Å². The molecule has 0 spiro atoms. The first-order chi connectivity index (χ1) is 10.1. The Kier molecular flexibility index (Phi) is 4.91. The summed E-state index contributed by atoms with van der Waals surface area (Å²) in [5.74, 6) is 0.723. The molecule has 0 saturated carbocycles. The zero-order chi connectivity index (χ0) is 15.2. The third-order valence-corrected chi connectivity index (χ3v) is 3.10. The standard InChI is InChI=1S/C17H17FN2O/c1-3-20-11-13-4-6-17(14(9-13)10-19)21-16-7-5-15(18)8-12(16)2/h4-9,20H,3,11H2,1-2H3. The van der Waals surface area contributed by atoms with Crippen molar-refractivity contribution in [1.29, 1.82) is 5.26 Å². The van der Waals surface area contributed by atoms with Crippen molar-refractivity contribution in [1.82, 2.24) is 5.32 Å². The lowest BCUT2D eigenvalue weighted by molar-refractivity contribution is 0.474. The molecule has 0 aliphatic rings. The van der Waals surface area contributed by atoms with Crippen LogP contribution in [0.2, 0.25) is 0 Å². The van der Waals surface area contributed by atoms with Crippen molar-refractivity contribution in [2.75, 3.05) is 6.54 Å². The zero-order valence-corrected chi connectivity index (χ0v) is 12.1. The van der Waals surface area contributed by atoms with E-state index in [1.54, 1.807) is 25.1 Å². The summed E-state index contributed by atoms with van der Waals surface area (Å²) in [5.41, 5.74) is 2.18. The van der Waals surface area contributed by atoms with Crippen LogP contribution in [0.1, 0.15) is 23.6 Å². The molecule has 0 aliphatic heterocycles. The lowest BCUT2D eigenvalue weighted by atomic mass is 10.1. The van der Waals surface area contributed by atoms with Gasteiger partial charge in [-0.2, -0.15) is 5.26 Å². The van der Waals surface area contributed by atoms with Crippen molar-refractivity contribution in [2.45, 2.75) is 20.4 Å². The maximum Gasteiger partial charge on any atom is 0.145 e. The van der Waals surface area contributed by atoms with Gasteiger partial charge in [0.15, 0.2) is 0 Å². The number of hydrogen-bond acceptors (Lipinski definition) is 3. The van der Waals surface area contributed by atoms with Gasteiger partial charge in [-0.05, 0) is 54.9 Å². The van der Waals surface area contributed by atoms with Crippen LogP contribution in [0.4, 0.5) is 4.39 Å². The molecule has 21 heavy (non-hydrogen) atoms. The van der Waals surface area contributed by atoms with Crippen LogP contribution < -0.4 is 10.1 Å². The summed E-state index contributed by atoms with van der Waals surface area (Å²) in [6.07, 6.45) is 0. The number of benzene rings is 2. The summed E-state index contributed by atoms with van der Waals surface area (Å²) in [6.45, 7) is 5.37. The Labute approximate surface area is 124 Å². The van der Waals surface area contributed by atoms with Crippen LogP contribution in [0, 0.1) is 24.1 Å². The van der Waals surface area contributed by atoms with Gasteiger partial charge in [0.05, 0.1) is 5.56 Å². The first-order valence-corrected chi connectivity index (χ1v) is 6.81. The highest BCUT2D eigenvalue weighted by molar-refractivity contribution is 5.48. The number of ether oxygens (including phenoxy) is 1. The molecular formula is C17H17FN2O. The largest absolute Gasteiger partial charge is 0.456 e. The summed E-state index contributed by atoms with van der Waals surface area (Å²) >= 11 is 0. The van der Waals surface area contributed by atoms with E-state index in [0.29, 0.717) is 29.2 Å². The van der Waals surface area contributed by atoms with E-state index in [1.807, 2.05) is 13.0 Å². The minimum Gasteiger partial charge on any atom is -0.456 e. The van der Waals surface area contributed by atoms with Crippen LogP contribution >= 0.6 is 0 Å². The van der Waals surface area contributed by atoms with E-state index in [0.717, 1.165) is 12.1 Å². The molecule has 0 heterocycles. The molecule has 0 amide bonds. The Morgan fingerprint density at radius 2 is 1.95 bits per heavy atom. The highest BCUT2D eigenvalue weighted by Crippen LogP contribution is 2.28. The second-order valence-corrected chi connectivity index (χ2v) is 4.73. The topological polar surface area (TPSA) is 45.0 Å². The summed E-state index contributed by atoms with van der Waals surface area (Å²) in [7, 11) is 0. The van der Waals surface area contributed by atoms with E-state index in [9.17, 15) is 9.65 Å². The van der Waals surface area contributed by atoms with Gasteiger partial charge in [-0.3, -0.25) is 0 Å². The normalized spacial score (nSPS) is 10.2. The molecule has 108 valence electrons. The molecule has 2 rings (SSSR count). The summed E-state index contributed by atoms with van der Waals surface area (Å²) < 4.78 is 18.8. The van der Waals surface area contributed by atoms with Crippen molar-refractivity contribution in [3.05, 3.63) is 58.9 Å². The fraction of sp³-hybridized carbons (Fsp3) is 0.235. The molecule has 2 aromatic rings. The highest BCUT2D eigenvalue weighted by atomic mass is 19.1. The first kappa shape index (κ1) is 15.0. The molecule has 3 nitrogen and oxygen atoms in total. The Morgan fingerprint density at radius 1 is 1.19 bits per heavy atom. The minimum atomic E-state index is -0.304. The maximum atomic E-state index is 13.1. The number of rotatable bonds is 5. The Bertz CT molecular complexity index is 677. The summed E-state index contributed by atoms with van der Waals surface area (Å²) in [4.78, 5) is 0. The van der Waals surface area contributed by atoms with Gasteiger partial charge >= 0.3 is 0 Å². The molecule has 0 bridgehead atoms. The smallest absolute Gasteiger partial charge is 0.145 e. The molecule has 4 heteroatoms. The molecule has 0 fully saturated rings. The van der Waals surface area contributed by atoms with E-state index in [1.165, 1.54) is 12.1 Å². The quantitative estimate of drug-likeness (QED) is 0.905. The third kappa shape index (κ3) is 3.80. The number of hydrogen-bond donors (Lipinski definition) is 1. The molecule has 0 radical (unpaired) electrons. The van der Waals surface area contributed by atoms with Crippen molar-refractivity contribution < 1.29 is 9.13 Å². The zero-order valence-electron chi connectivity index (χ0n) is 12.1. The van der Waals surface area contributed by atoms with Gasteiger partial charge in [-0.1, -0.05) is 13.0 Å². The van der Waals surface area contributed by atoms with Crippen LogP contribution in [0.25, 0.3) is 0 Å². The van der Waals surface area contributed by atoms with Crippen LogP contribution in [0.5, 0.6) is 11.5 Å². The Balaban J connectivity index is 2.25. The molecule has 0 aliphatic carbocycles. The third-order valence-electron chi connectivity index (χ3n) is 3.10. The predicted molar refractivity (Wildman–Crippen MR) is 79.7 cm³/mol. The van der Waals surface area contributed by atoms with Crippen LogP contribution in [-0.2, 0) is 6.54 Å². The maximum absolute atomic E-state index is 13.1. The molecule has 0 atom stereocenters. The Morgan fingerprint density at radius 3 is 2.62 bits per heavy atom. The number of halogens is 1. The molecular weight excluding hydrogens is 267 g/mol. The van der Waals surface area contributed by atoms with Gasteiger partial charge in [0.2, 0.25) is 0 Å². The second-order valence-electron chi connectivity index (χ2n) is 4.73. The summed E-state index contributed by atoms with van der Waals surface area (Å²) in [6, 6.07) is 11.9. The van der Waals surface area contributed by atoms with Gasteiger partial charge in [-0.15, -0.1) is 0 Å². The van der Waals surface area contributed by atoms with Gasteiger partial charge in [0, 0.05) is 6.54 Å². The monoisotopic (exact) mass is 284 g/mol. The summed E-state index contributed by atoms with van der Waals surface area (Å²) in [5, 5.41) is 12.5. The second kappa shape index (κ2) is 6.87. The fourth-order valence-electron chi connectivity index (χ4n) is 1.98. The molecule has 0 unspecified atom stereocenters. The van der Waals surface area contributed by atoms with E-state index in [4.69, 9.17) is 4.74 Å². The van der Waals surface area contributed by atoms with E-state index in [-0.39, 0.29) is 5.82 Å². The van der Waals surface area contributed by atoms with Gasteiger partial charge < -0.3 is 10.1 Å². The van der Waals surface area contributed by atoms with E-state index in [2.05, 4.69) is 11.4 Å². The van der Waals surface area contributed by atoms with Crippen LogP contribution in [0.3, 0.4) is 0 Å². The van der Waals surface area contributed by atoms with Crippen molar-refractivity contribution in [2.24, 2.45) is 0 Å². The van der Waals surface area contributed by atoms with Crippen molar-refractivity contribution in [3.8, 4) is 17.6 Å². The number of aryl methyl sites for hydroxylation is 1.